The van der Waals surface area contributed by atoms with Crippen molar-refractivity contribution in [2.45, 2.75) is 12.8 Å². The van der Waals surface area contributed by atoms with Gasteiger partial charge in [0.25, 0.3) is 0 Å². The number of aryl methyl sites for hydroxylation is 1. The molecule has 1 N–H and O–H groups in total. The Hall–Kier alpha value is -1.87. The van der Waals surface area contributed by atoms with Gasteiger partial charge in [0.1, 0.15) is 24.7 Å². The molecule has 0 fully saturated rings. The summed E-state index contributed by atoms with van der Waals surface area (Å²) in [5.41, 5.74) is 2.46. The van der Waals surface area contributed by atoms with Gasteiger partial charge in [-0.1, -0.05) is 29.8 Å². The Morgan fingerprint density at radius 2 is 1.90 bits per heavy atom. The van der Waals surface area contributed by atoms with Crippen LogP contribution in [0.4, 0.5) is 5.69 Å². The Bertz CT molecular complexity index is 615. The fraction of sp³-hybridized carbons (Fsp3) is 0.294. The van der Waals surface area contributed by atoms with Crippen LogP contribution in [-0.4, -0.2) is 19.8 Å². The molecule has 2 aromatic rings. The Labute approximate surface area is 129 Å². The maximum atomic E-state index is 5.91. The number of para-hydroxylation sites is 1. The molecule has 0 atom stereocenters. The minimum Gasteiger partial charge on any atom is -0.490 e. The van der Waals surface area contributed by atoms with Gasteiger partial charge >= 0.3 is 0 Å². The first-order chi connectivity index (χ1) is 10.3. The molecular formula is C17H18ClNO2. The molecule has 0 saturated carbocycles. The highest BCUT2D eigenvalue weighted by Crippen LogP contribution is 2.31. The summed E-state index contributed by atoms with van der Waals surface area (Å²) in [7, 11) is 0. The van der Waals surface area contributed by atoms with E-state index < -0.39 is 0 Å². The molecular weight excluding hydrogens is 286 g/mol. The van der Waals surface area contributed by atoms with E-state index >= 15 is 0 Å². The van der Waals surface area contributed by atoms with Crippen molar-refractivity contribution in [1.29, 1.82) is 0 Å². The van der Waals surface area contributed by atoms with Crippen molar-refractivity contribution in [3.8, 4) is 11.5 Å². The standard InChI is InChI=1S/C17H18ClNO2/c18-14-6-2-7-15(12-14)20-10-11-21-16-8-1-4-13-5-3-9-19-17(13)16/h1-2,4,6-8,12,19H,3,5,9-11H2. The van der Waals surface area contributed by atoms with Crippen LogP contribution in [0.25, 0.3) is 0 Å². The average Bonchev–Trinajstić information content (AvgIpc) is 2.52. The van der Waals surface area contributed by atoms with Gasteiger partial charge in [-0.05, 0) is 42.7 Å². The zero-order valence-electron chi connectivity index (χ0n) is 11.8. The van der Waals surface area contributed by atoms with Crippen molar-refractivity contribution in [3.05, 3.63) is 53.1 Å². The lowest BCUT2D eigenvalue weighted by atomic mass is 10.0. The number of ether oxygens (including phenoxy) is 2. The fourth-order valence-corrected chi connectivity index (χ4v) is 2.65. The minimum absolute atomic E-state index is 0.490. The summed E-state index contributed by atoms with van der Waals surface area (Å²) in [5, 5.41) is 4.09. The third-order valence-electron chi connectivity index (χ3n) is 3.44. The summed E-state index contributed by atoms with van der Waals surface area (Å²) in [6.07, 6.45) is 2.28. The summed E-state index contributed by atoms with van der Waals surface area (Å²) in [5.74, 6) is 1.67. The molecule has 0 aromatic heterocycles. The predicted octanol–water partition coefficient (Wildman–Crippen LogP) is 4.16. The number of hydrogen-bond donors (Lipinski definition) is 1. The topological polar surface area (TPSA) is 30.5 Å². The van der Waals surface area contributed by atoms with Gasteiger partial charge in [0.15, 0.2) is 0 Å². The van der Waals surface area contributed by atoms with Crippen LogP contribution >= 0.6 is 11.6 Å². The number of nitrogens with one attached hydrogen (secondary N) is 1. The van der Waals surface area contributed by atoms with Crippen LogP contribution in [0.3, 0.4) is 0 Å². The van der Waals surface area contributed by atoms with Gasteiger partial charge in [-0.2, -0.15) is 0 Å². The van der Waals surface area contributed by atoms with E-state index in [-0.39, 0.29) is 0 Å². The Morgan fingerprint density at radius 3 is 2.81 bits per heavy atom. The number of rotatable bonds is 5. The Morgan fingerprint density at radius 1 is 1.05 bits per heavy atom. The molecule has 0 radical (unpaired) electrons. The van der Waals surface area contributed by atoms with Crippen molar-refractivity contribution < 1.29 is 9.47 Å². The summed E-state index contributed by atoms with van der Waals surface area (Å²) >= 11 is 5.91. The Balaban J connectivity index is 1.54. The molecule has 1 aliphatic heterocycles. The number of halogens is 1. The molecule has 0 bridgehead atoms. The van der Waals surface area contributed by atoms with Crippen LogP contribution in [0.2, 0.25) is 5.02 Å². The van der Waals surface area contributed by atoms with Crippen molar-refractivity contribution in [1.82, 2.24) is 0 Å². The van der Waals surface area contributed by atoms with E-state index in [9.17, 15) is 0 Å². The van der Waals surface area contributed by atoms with Crippen LogP contribution in [-0.2, 0) is 6.42 Å². The van der Waals surface area contributed by atoms with Crippen molar-refractivity contribution in [2.24, 2.45) is 0 Å². The molecule has 110 valence electrons. The molecule has 1 aliphatic rings. The van der Waals surface area contributed by atoms with Gasteiger partial charge in [-0.25, -0.2) is 0 Å². The first-order valence-electron chi connectivity index (χ1n) is 7.20. The lowest BCUT2D eigenvalue weighted by Crippen LogP contribution is -2.15. The van der Waals surface area contributed by atoms with Gasteiger partial charge in [-0.15, -0.1) is 0 Å². The number of fused-ring (bicyclic) bond motifs is 1. The lowest BCUT2D eigenvalue weighted by Gasteiger charge is -2.21. The van der Waals surface area contributed by atoms with E-state index in [1.807, 2.05) is 30.3 Å². The SMILES string of the molecule is Clc1cccc(OCCOc2cccc3c2NCCC3)c1. The third-order valence-corrected chi connectivity index (χ3v) is 3.68. The molecule has 21 heavy (non-hydrogen) atoms. The monoisotopic (exact) mass is 303 g/mol. The molecule has 0 amide bonds. The lowest BCUT2D eigenvalue weighted by molar-refractivity contribution is 0.217. The zero-order chi connectivity index (χ0) is 14.5. The third kappa shape index (κ3) is 3.61. The van der Waals surface area contributed by atoms with Crippen LogP contribution < -0.4 is 14.8 Å². The normalized spacial score (nSPS) is 13.2. The minimum atomic E-state index is 0.490. The quantitative estimate of drug-likeness (QED) is 0.842. The highest BCUT2D eigenvalue weighted by molar-refractivity contribution is 6.30. The molecule has 4 heteroatoms. The van der Waals surface area contributed by atoms with E-state index in [2.05, 4.69) is 11.4 Å². The highest BCUT2D eigenvalue weighted by Gasteiger charge is 2.12. The second-order valence-corrected chi connectivity index (χ2v) is 5.41. The van der Waals surface area contributed by atoms with E-state index in [1.54, 1.807) is 6.07 Å². The van der Waals surface area contributed by atoms with Crippen LogP contribution in [0.5, 0.6) is 11.5 Å². The maximum Gasteiger partial charge on any atom is 0.142 e. The summed E-state index contributed by atoms with van der Waals surface area (Å²) in [6.45, 7) is 2.00. The predicted molar refractivity (Wildman–Crippen MR) is 85.7 cm³/mol. The second-order valence-electron chi connectivity index (χ2n) is 4.97. The summed E-state index contributed by atoms with van der Waals surface area (Å²) < 4.78 is 11.5. The molecule has 0 aliphatic carbocycles. The van der Waals surface area contributed by atoms with Gasteiger partial charge in [0.05, 0.1) is 5.69 Å². The molecule has 2 aromatic carbocycles. The van der Waals surface area contributed by atoms with E-state index in [0.29, 0.717) is 18.2 Å². The van der Waals surface area contributed by atoms with Crippen LogP contribution in [0.15, 0.2) is 42.5 Å². The molecule has 1 heterocycles. The molecule has 0 saturated heterocycles. The number of benzene rings is 2. The largest absolute Gasteiger partial charge is 0.490 e. The van der Waals surface area contributed by atoms with Crippen molar-refractivity contribution in [3.63, 3.8) is 0 Å². The van der Waals surface area contributed by atoms with Crippen molar-refractivity contribution in [2.75, 3.05) is 25.1 Å². The van der Waals surface area contributed by atoms with E-state index in [4.69, 9.17) is 21.1 Å². The molecule has 3 rings (SSSR count). The fourth-order valence-electron chi connectivity index (χ4n) is 2.47. The van der Waals surface area contributed by atoms with Gasteiger partial charge in [-0.3, -0.25) is 0 Å². The smallest absolute Gasteiger partial charge is 0.142 e. The first-order valence-corrected chi connectivity index (χ1v) is 7.58. The molecule has 0 spiro atoms. The van der Waals surface area contributed by atoms with Crippen molar-refractivity contribution >= 4 is 17.3 Å². The highest BCUT2D eigenvalue weighted by atomic mass is 35.5. The molecule has 0 unspecified atom stereocenters. The van der Waals surface area contributed by atoms with Crippen LogP contribution in [0.1, 0.15) is 12.0 Å². The van der Waals surface area contributed by atoms with Gasteiger partial charge in [0.2, 0.25) is 0 Å². The first kappa shape index (κ1) is 14.1. The Kier molecular flexibility index (Phi) is 4.51. The van der Waals surface area contributed by atoms with E-state index in [0.717, 1.165) is 30.2 Å². The zero-order valence-corrected chi connectivity index (χ0v) is 12.5. The van der Waals surface area contributed by atoms with Gasteiger partial charge in [0, 0.05) is 11.6 Å². The maximum absolute atomic E-state index is 5.91. The molecule has 3 nitrogen and oxygen atoms in total. The summed E-state index contributed by atoms with van der Waals surface area (Å²) in [4.78, 5) is 0. The average molecular weight is 304 g/mol. The summed E-state index contributed by atoms with van der Waals surface area (Å²) in [6, 6.07) is 13.6. The van der Waals surface area contributed by atoms with Crippen LogP contribution in [0, 0.1) is 0 Å². The number of hydrogen-bond acceptors (Lipinski definition) is 3. The number of anilines is 1. The second kappa shape index (κ2) is 6.72. The van der Waals surface area contributed by atoms with E-state index in [1.165, 1.54) is 12.0 Å². The van der Waals surface area contributed by atoms with Gasteiger partial charge < -0.3 is 14.8 Å².